The topological polar surface area (TPSA) is 60.8 Å². The lowest BCUT2D eigenvalue weighted by atomic mass is 9.72. The Balaban J connectivity index is 1.75. The second kappa shape index (κ2) is 6.40. The zero-order chi connectivity index (χ0) is 18.5. The normalized spacial score (nSPS) is 24.7. The molecular weight excluding hydrogens is 345 g/mol. The molecular formula is C18H21F3N4O. The van der Waals surface area contributed by atoms with Crippen LogP contribution in [0, 0.1) is 19.8 Å². The van der Waals surface area contributed by atoms with Gasteiger partial charge in [0.15, 0.2) is 5.65 Å². The first-order valence-corrected chi connectivity index (χ1v) is 9.00. The van der Waals surface area contributed by atoms with Crippen LogP contribution in [0.5, 0.6) is 0 Å². The van der Waals surface area contributed by atoms with Crippen molar-refractivity contribution in [1.29, 1.82) is 0 Å². The molecule has 3 heterocycles. The number of hydrogen-bond acceptors (Lipinski definition) is 5. The van der Waals surface area contributed by atoms with Crippen molar-refractivity contribution in [1.82, 2.24) is 19.9 Å². The first-order valence-electron chi connectivity index (χ1n) is 9.00. The van der Waals surface area contributed by atoms with E-state index in [4.69, 9.17) is 9.72 Å². The monoisotopic (exact) mass is 366 g/mol. The van der Waals surface area contributed by atoms with Gasteiger partial charge in [-0.1, -0.05) is 0 Å². The maximum atomic E-state index is 12.9. The van der Waals surface area contributed by atoms with Gasteiger partial charge in [-0.05, 0) is 39.5 Å². The number of nitrogens with zero attached hydrogens (tertiary/aromatic N) is 4. The van der Waals surface area contributed by atoms with Gasteiger partial charge in [-0.3, -0.25) is 0 Å². The van der Waals surface area contributed by atoms with Gasteiger partial charge >= 0.3 is 6.18 Å². The zero-order valence-electron chi connectivity index (χ0n) is 14.8. The molecule has 0 atom stereocenters. The van der Waals surface area contributed by atoms with Crippen LogP contribution in [0.3, 0.4) is 0 Å². The van der Waals surface area contributed by atoms with Crippen LogP contribution in [-0.4, -0.2) is 39.3 Å². The van der Waals surface area contributed by atoms with Gasteiger partial charge in [0.25, 0.3) is 0 Å². The molecule has 0 amide bonds. The summed E-state index contributed by atoms with van der Waals surface area (Å²) in [6.45, 7) is 5.01. The fourth-order valence-electron chi connectivity index (χ4n) is 3.68. The molecule has 0 N–H and O–H groups in total. The van der Waals surface area contributed by atoms with E-state index < -0.39 is 12.1 Å². The predicted molar refractivity (Wildman–Crippen MR) is 88.9 cm³/mol. The summed E-state index contributed by atoms with van der Waals surface area (Å²) in [5.74, 6) is -0.650. The minimum absolute atomic E-state index is 0.0669. The molecule has 0 bridgehead atoms. The number of aryl methyl sites for hydroxylation is 2. The van der Waals surface area contributed by atoms with Crippen molar-refractivity contribution in [2.75, 3.05) is 13.2 Å². The summed E-state index contributed by atoms with van der Waals surface area (Å²) >= 11 is 0. The van der Waals surface area contributed by atoms with Gasteiger partial charge in [0.2, 0.25) is 0 Å². The van der Waals surface area contributed by atoms with Crippen LogP contribution in [0.15, 0.2) is 0 Å². The predicted octanol–water partition coefficient (Wildman–Crippen LogP) is 3.99. The number of halogens is 3. The first kappa shape index (κ1) is 17.6. The van der Waals surface area contributed by atoms with Gasteiger partial charge in [-0.15, -0.1) is 0 Å². The van der Waals surface area contributed by atoms with Crippen molar-refractivity contribution in [2.45, 2.75) is 57.5 Å². The Morgan fingerprint density at radius 1 is 0.885 bits per heavy atom. The van der Waals surface area contributed by atoms with Crippen molar-refractivity contribution in [3.63, 3.8) is 0 Å². The van der Waals surface area contributed by atoms with Crippen LogP contribution in [0.25, 0.3) is 11.2 Å². The molecule has 1 saturated carbocycles. The van der Waals surface area contributed by atoms with Crippen molar-refractivity contribution in [2.24, 2.45) is 5.92 Å². The number of fused-ring (bicyclic) bond motifs is 1. The Morgan fingerprint density at radius 3 is 2.19 bits per heavy atom. The van der Waals surface area contributed by atoms with E-state index in [1.807, 2.05) is 13.8 Å². The molecule has 8 heteroatoms. The van der Waals surface area contributed by atoms with Crippen LogP contribution in [0.1, 0.15) is 60.4 Å². The minimum atomic E-state index is -4.14. The number of hydrogen-bond donors (Lipinski definition) is 0. The maximum absolute atomic E-state index is 12.9. The van der Waals surface area contributed by atoms with E-state index in [1.54, 1.807) is 0 Å². The van der Waals surface area contributed by atoms with Crippen molar-refractivity contribution in [3.8, 4) is 0 Å². The molecule has 2 aliphatic rings. The standard InChI is InChI=1S/C18H21F3N4O/c1-9-10(2)23-17-15(22-9)14(12-7-13(8-12)18(19,20)21)24-16(25-17)11-3-5-26-6-4-11/h11-13H,3-8H2,1-2H3/t12-,13+. The van der Waals surface area contributed by atoms with Gasteiger partial charge in [0.1, 0.15) is 11.3 Å². The third kappa shape index (κ3) is 3.15. The Bertz CT molecular complexity index is 827. The lowest BCUT2D eigenvalue weighted by Crippen LogP contribution is -2.35. The van der Waals surface area contributed by atoms with Gasteiger partial charge in [-0.25, -0.2) is 19.9 Å². The van der Waals surface area contributed by atoms with Gasteiger partial charge < -0.3 is 4.74 Å². The van der Waals surface area contributed by atoms with E-state index in [-0.39, 0.29) is 24.7 Å². The van der Waals surface area contributed by atoms with Crippen molar-refractivity contribution in [3.05, 3.63) is 22.9 Å². The average Bonchev–Trinajstić information content (AvgIpc) is 2.54. The molecule has 0 unspecified atom stereocenters. The summed E-state index contributed by atoms with van der Waals surface area (Å²) in [7, 11) is 0. The highest BCUT2D eigenvalue weighted by molar-refractivity contribution is 5.73. The molecule has 2 aromatic heterocycles. The molecule has 0 radical (unpaired) electrons. The molecule has 26 heavy (non-hydrogen) atoms. The van der Waals surface area contributed by atoms with Gasteiger partial charge in [0.05, 0.1) is 23.0 Å². The van der Waals surface area contributed by atoms with E-state index in [2.05, 4.69) is 15.0 Å². The van der Waals surface area contributed by atoms with Gasteiger partial charge in [0, 0.05) is 25.0 Å². The SMILES string of the molecule is Cc1nc2nc(C3CCOCC3)nc([C@H]3C[C@@H](C(F)(F)F)C3)c2nc1C. The molecule has 0 aromatic carbocycles. The van der Waals surface area contributed by atoms with E-state index in [9.17, 15) is 13.2 Å². The molecule has 1 aliphatic carbocycles. The quantitative estimate of drug-likeness (QED) is 0.804. The van der Waals surface area contributed by atoms with E-state index >= 15 is 0 Å². The van der Waals surface area contributed by atoms with E-state index in [0.29, 0.717) is 35.9 Å². The van der Waals surface area contributed by atoms with Crippen LogP contribution < -0.4 is 0 Å². The molecule has 2 fully saturated rings. The second-order valence-electron chi connectivity index (χ2n) is 7.33. The fourth-order valence-corrected chi connectivity index (χ4v) is 3.68. The Labute approximate surface area is 149 Å². The summed E-state index contributed by atoms with van der Waals surface area (Å²) in [6, 6.07) is 0. The Kier molecular flexibility index (Phi) is 4.33. The summed E-state index contributed by atoms with van der Waals surface area (Å²) in [5.41, 5.74) is 3.21. The maximum Gasteiger partial charge on any atom is 0.391 e. The lowest BCUT2D eigenvalue weighted by molar-refractivity contribution is -0.197. The molecule has 1 saturated heterocycles. The molecule has 5 nitrogen and oxygen atoms in total. The van der Waals surface area contributed by atoms with Crippen LogP contribution >= 0.6 is 0 Å². The molecule has 140 valence electrons. The van der Waals surface area contributed by atoms with Gasteiger partial charge in [-0.2, -0.15) is 13.2 Å². The number of rotatable bonds is 2. The Hall–Kier alpha value is -1.83. The third-order valence-corrected chi connectivity index (χ3v) is 5.56. The van der Waals surface area contributed by atoms with Crippen LogP contribution in [0.4, 0.5) is 13.2 Å². The minimum Gasteiger partial charge on any atom is -0.381 e. The highest BCUT2D eigenvalue weighted by atomic mass is 19.4. The Morgan fingerprint density at radius 2 is 1.54 bits per heavy atom. The highest BCUT2D eigenvalue weighted by Gasteiger charge is 2.49. The van der Waals surface area contributed by atoms with E-state index in [0.717, 1.165) is 24.2 Å². The number of ether oxygens (including phenoxy) is 1. The number of aromatic nitrogens is 4. The first-order chi connectivity index (χ1) is 12.3. The van der Waals surface area contributed by atoms with Crippen molar-refractivity contribution < 1.29 is 17.9 Å². The summed E-state index contributed by atoms with van der Waals surface area (Å²) in [4.78, 5) is 18.4. The third-order valence-electron chi connectivity index (χ3n) is 5.56. The smallest absolute Gasteiger partial charge is 0.381 e. The van der Waals surface area contributed by atoms with Crippen molar-refractivity contribution >= 4 is 11.2 Å². The molecule has 2 aromatic rings. The summed E-state index contributed by atoms with van der Waals surface area (Å²) < 4.78 is 44.1. The van der Waals surface area contributed by atoms with Crippen LogP contribution in [0.2, 0.25) is 0 Å². The molecule has 1 aliphatic heterocycles. The highest BCUT2D eigenvalue weighted by Crippen LogP contribution is 2.50. The van der Waals surface area contributed by atoms with E-state index in [1.165, 1.54) is 0 Å². The zero-order valence-corrected chi connectivity index (χ0v) is 14.8. The number of alkyl halides is 3. The molecule has 0 spiro atoms. The lowest BCUT2D eigenvalue weighted by Gasteiger charge is -2.36. The average molecular weight is 366 g/mol. The summed E-state index contributed by atoms with van der Waals surface area (Å²) in [6.07, 6.45) is -2.37. The fraction of sp³-hybridized carbons (Fsp3) is 0.667. The summed E-state index contributed by atoms with van der Waals surface area (Å²) in [5, 5.41) is 0. The molecule has 4 rings (SSSR count). The van der Waals surface area contributed by atoms with Crippen LogP contribution in [-0.2, 0) is 4.74 Å². The second-order valence-corrected chi connectivity index (χ2v) is 7.33. The largest absolute Gasteiger partial charge is 0.391 e.